The van der Waals surface area contributed by atoms with Crippen LogP contribution in [0.3, 0.4) is 0 Å². The normalized spacial score (nSPS) is 18.0. The number of likely N-dealkylation sites (tertiary alicyclic amines) is 1. The minimum absolute atomic E-state index is 0.111. The van der Waals surface area contributed by atoms with Crippen molar-refractivity contribution in [1.29, 1.82) is 0 Å². The van der Waals surface area contributed by atoms with Crippen molar-refractivity contribution >= 4 is 11.6 Å². The third-order valence-corrected chi connectivity index (χ3v) is 5.37. The van der Waals surface area contributed by atoms with Gasteiger partial charge in [0.2, 0.25) is 0 Å². The average Bonchev–Trinajstić information content (AvgIpc) is 3.12. The van der Waals surface area contributed by atoms with Crippen LogP contribution in [-0.4, -0.2) is 42.1 Å². The van der Waals surface area contributed by atoms with E-state index in [1.54, 1.807) is 17.9 Å². The van der Waals surface area contributed by atoms with Crippen LogP contribution in [-0.2, 0) is 0 Å². The van der Waals surface area contributed by atoms with Crippen LogP contribution in [0.15, 0.2) is 36.4 Å². The molecular formula is C22H24N2O6. The van der Waals surface area contributed by atoms with Crippen LogP contribution in [0.1, 0.15) is 48.1 Å². The maximum atomic E-state index is 13.2. The van der Waals surface area contributed by atoms with Crippen molar-refractivity contribution in [2.75, 3.05) is 26.4 Å². The third-order valence-electron chi connectivity index (χ3n) is 5.37. The van der Waals surface area contributed by atoms with E-state index in [9.17, 15) is 14.9 Å². The molecule has 4 rings (SSSR count). The fraction of sp³-hybridized carbons (Fsp3) is 0.409. The fourth-order valence-electron chi connectivity index (χ4n) is 3.98. The van der Waals surface area contributed by atoms with Crippen molar-refractivity contribution in [3.8, 4) is 17.2 Å². The summed E-state index contributed by atoms with van der Waals surface area (Å²) in [6.45, 7) is 3.88. The van der Waals surface area contributed by atoms with Crippen molar-refractivity contribution in [3.63, 3.8) is 0 Å². The largest absolute Gasteiger partial charge is 0.490 e. The lowest BCUT2D eigenvalue weighted by Gasteiger charge is -2.26. The Morgan fingerprint density at radius 1 is 1.17 bits per heavy atom. The van der Waals surface area contributed by atoms with E-state index in [-0.39, 0.29) is 28.9 Å². The second kappa shape index (κ2) is 8.61. The maximum Gasteiger partial charge on any atom is 0.311 e. The van der Waals surface area contributed by atoms with Gasteiger partial charge in [-0.3, -0.25) is 14.9 Å². The van der Waals surface area contributed by atoms with Crippen molar-refractivity contribution in [2.24, 2.45) is 0 Å². The minimum atomic E-state index is -0.521. The Labute approximate surface area is 174 Å². The number of hydrogen-bond donors (Lipinski definition) is 0. The number of carbonyl (C=O) groups excluding carboxylic acids is 1. The van der Waals surface area contributed by atoms with Gasteiger partial charge in [-0.05, 0) is 49.6 Å². The van der Waals surface area contributed by atoms with Gasteiger partial charge in [0.15, 0.2) is 17.2 Å². The van der Waals surface area contributed by atoms with Crippen molar-refractivity contribution in [1.82, 2.24) is 4.90 Å². The number of nitro benzene ring substituents is 1. The summed E-state index contributed by atoms with van der Waals surface area (Å²) in [6.07, 6.45) is 2.52. The average molecular weight is 412 g/mol. The Bertz CT molecular complexity index is 961. The molecule has 0 spiro atoms. The molecule has 2 aliphatic heterocycles. The Morgan fingerprint density at radius 3 is 2.73 bits per heavy atom. The number of fused-ring (bicyclic) bond motifs is 1. The predicted octanol–water partition coefficient (Wildman–Crippen LogP) is 4.13. The van der Waals surface area contributed by atoms with Crippen LogP contribution in [0.4, 0.5) is 5.69 Å². The molecule has 1 amide bonds. The SMILES string of the molecule is CCOc1ccc(C(=O)N2CCCC2c2ccc3c(c2)OCCCO3)cc1[N+](=O)[O-]. The summed E-state index contributed by atoms with van der Waals surface area (Å²) in [4.78, 5) is 25.9. The van der Waals surface area contributed by atoms with E-state index in [4.69, 9.17) is 14.2 Å². The van der Waals surface area contributed by atoms with E-state index >= 15 is 0 Å². The standard InChI is InChI=1S/C22H24N2O6/c1-2-28-19-8-7-16(13-18(19)24(26)27)22(25)23-10-3-5-17(23)15-6-9-20-21(14-15)30-12-4-11-29-20/h6-9,13-14,17H,2-5,10-12H2,1H3. The monoisotopic (exact) mass is 412 g/mol. The van der Waals surface area contributed by atoms with Gasteiger partial charge in [-0.1, -0.05) is 6.07 Å². The highest BCUT2D eigenvalue weighted by Gasteiger charge is 2.32. The van der Waals surface area contributed by atoms with Gasteiger partial charge in [-0.25, -0.2) is 0 Å². The molecule has 2 aliphatic rings. The van der Waals surface area contributed by atoms with Crippen molar-refractivity contribution in [3.05, 3.63) is 57.6 Å². The van der Waals surface area contributed by atoms with Crippen molar-refractivity contribution in [2.45, 2.75) is 32.2 Å². The number of ether oxygens (including phenoxy) is 3. The van der Waals surface area contributed by atoms with E-state index in [2.05, 4.69) is 0 Å². The van der Waals surface area contributed by atoms with E-state index in [0.29, 0.717) is 37.9 Å². The van der Waals surface area contributed by atoms with Crippen LogP contribution < -0.4 is 14.2 Å². The Hall–Kier alpha value is -3.29. The number of benzene rings is 2. The highest BCUT2D eigenvalue weighted by atomic mass is 16.6. The van der Waals surface area contributed by atoms with Gasteiger partial charge in [-0.15, -0.1) is 0 Å². The predicted molar refractivity (Wildman–Crippen MR) is 109 cm³/mol. The Kier molecular flexibility index (Phi) is 5.74. The fourth-order valence-corrected chi connectivity index (χ4v) is 3.98. The first-order valence-corrected chi connectivity index (χ1v) is 10.2. The van der Waals surface area contributed by atoms with Crippen LogP contribution in [0.5, 0.6) is 17.2 Å². The van der Waals surface area contributed by atoms with Gasteiger partial charge in [0, 0.05) is 24.6 Å². The van der Waals surface area contributed by atoms with Crippen LogP contribution in [0, 0.1) is 10.1 Å². The highest BCUT2D eigenvalue weighted by Crippen LogP contribution is 2.39. The molecular weight excluding hydrogens is 388 g/mol. The number of carbonyl (C=O) groups is 1. The van der Waals surface area contributed by atoms with E-state index in [0.717, 1.165) is 24.8 Å². The molecule has 1 saturated heterocycles. The van der Waals surface area contributed by atoms with Gasteiger partial charge in [0.25, 0.3) is 5.91 Å². The second-order valence-electron chi connectivity index (χ2n) is 7.29. The molecule has 0 aliphatic carbocycles. The Morgan fingerprint density at radius 2 is 1.97 bits per heavy atom. The van der Waals surface area contributed by atoms with E-state index in [1.807, 2.05) is 18.2 Å². The molecule has 0 radical (unpaired) electrons. The van der Waals surface area contributed by atoms with Crippen LogP contribution >= 0.6 is 0 Å². The molecule has 158 valence electrons. The minimum Gasteiger partial charge on any atom is -0.490 e. The molecule has 8 nitrogen and oxygen atoms in total. The molecule has 0 N–H and O–H groups in total. The molecule has 0 aromatic heterocycles. The molecule has 1 fully saturated rings. The van der Waals surface area contributed by atoms with Gasteiger partial charge in [0.05, 0.1) is 30.8 Å². The van der Waals surface area contributed by atoms with Gasteiger partial charge < -0.3 is 19.1 Å². The first-order chi connectivity index (χ1) is 14.6. The second-order valence-corrected chi connectivity index (χ2v) is 7.29. The molecule has 8 heteroatoms. The molecule has 0 bridgehead atoms. The van der Waals surface area contributed by atoms with Gasteiger partial charge in [0.1, 0.15) is 0 Å². The molecule has 2 heterocycles. The molecule has 30 heavy (non-hydrogen) atoms. The van der Waals surface area contributed by atoms with Gasteiger partial charge >= 0.3 is 5.69 Å². The summed E-state index contributed by atoms with van der Waals surface area (Å²) in [5.41, 5.74) is 1.06. The maximum absolute atomic E-state index is 13.2. The van der Waals surface area contributed by atoms with Gasteiger partial charge in [-0.2, -0.15) is 0 Å². The summed E-state index contributed by atoms with van der Waals surface area (Å²) in [7, 11) is 0. The zero-order valence-electron chi connectivity index (χ0n) is 16.8. The molecule has 2 aromatic rings. The smallest absolute Gasteiger partial charge is 0.311 e. The third kappa shape index (κ3) is 3.90. The lowest BCUT2D eigenvalue weighted by molar-refractivity contribution is -0.385. The topological polar surface area (TPSA) is 91.1 Å². The summed E-state index contributed by atoms with van der Waals surface area (Å²) in [5, 5.41) is 11.4. The first-order valence-electron chi connectivity index (χ1n) is 10.2. The number of rotatable bonds is 5. The lowest BCUT2D eigenvalue weighted by Crippen LogP contribution is -2.30. The summed E-state index contributed by atoms with van der Waals surface area (Å²) in [5.74, 6) is 1.35. The zero-order valence-corrected chi connectivity index (χ0v) is 16.8. The van der Waals surface area contributed by atoms with Crippen LogP contribution in [0.2, 0.25) is 0 Å². The molecule has 0 saturated carbocycles. The van der Waals surface area contributed by atoms with E-state index < -0.39 is 4.92 Å². The number of nitrogens with zero attached hydrogens (tertiary/aromatic N) is 2. The number of hydrogen-bond acceptors (Lipinski definition) is 6. The zero-order chi connectivity index (χ0) is 21.1. The molecule has 2 aromatic carbocycles. The summed E-state index contributed by atoms with van der Waals surface area (Å²) < 4.78 is 16.8. The Balaban J connectivity index is 1.61. The highest BCUT2D eigenvalue weighted by molar-refractivity contribution is 5.95. The quantitative estimate of drug-likeness (QED) is 0.542. The van der Waals surface area contributed by atoms with Crippen molar-refractivity contribution < 1.29 is 23.9 Å². The van der Waals surface area contributed by atoms with E-state index in [1.165, 1.54) is 12.1 Å². The number of amides is 1. The van der Waals surface area contributed by atoms with Crippen LogP contribution in [0.25, 0.3) is 0 Å². The summed E-state index contributed by atoms with van der Waals surface area (Å²) in [6, 6.07) is 10.1. The molecule has 1 atom stereocenters. The first kappa shape index (κ1) is 20.0. The lowest BCUT2D eigenvalue weighted by atomic mass is 10.0. The number of nitro groups is 1. The summed E-state index contributed by atoms with van der Waals surface area (Å²) >= 11 is 0. The molecule has 1 unspecified atom stereocenters.